The van der Waals surface area contributed by atoms with Crippen LogP contribution in [0.1, 0.15) is 27.2 Å². The first-order chi connectivity index (χ1) is 12.7. The number of hydrogen-bond donors (Lipinski definition) is 1. The van der Waals surface area contributed by atoms with E-state index in [1.165, 1.54) is 7.11 Å². The number of halogens is 1. The zero-order valence-electron chi connectivity index (χ0n) is 13.8. The second kappa shape index (κ2) is 6.76. The summed E-state index contributed by atoms with van der Waals surface area (Å²) in [5.74, 6) is 0.0628. The molecular formula is C19H14BrN3O3. The Morgan fingerprint density at radius 2 is 2.19 bits per heavy atom. The minimum Gasteiger partial charge on any atom is -0.494 e. The summed E-state index contributed by atoms with van der Waals surface area (Å²) in [5.41, 5.74) is 4.77. The SMILES string of the molecule is COc1cc(Br)cnc1C(=O)Nc1ccc2c(c1)C(c1ccoc1)=NC2. The molecule has 1 aromatic carbocycles. The van der Waals surface area contributed by atoms with Gasteiger partial charge in [-0.25, -0.2) is 4.98 Å². The molecule has 1 aliphatic rings. The third kappa shape index (κ3) is 3.01. The van der Waals surface area contributed by atoms with E-state index in [4.69, 9.17) is 9.15 Å². The van der Waals surface area contributed by atoms with Crippen LogP contribution >= 0.6 is 15.9 Å². The van der Waals surface area contributed by atoms with Gasteiger partial charge < -0.3 is 14.5 Å². The van der Waals surface area contributed by atoms with Crippen LogP contribution in [-0.4, -0.2) is 23.7 Å². The fraction of sp³-hybridized carbons (Fsp3) is 0.105. The Labute approximate surface area is 158 Å². The van der Waals surface area contributed by atoms with E-state index in [-0.39, 0.29) is 11.6 Å². The Morgan fingerprint density at radius 1 is 1.31 bits per heavy atom. The van der Waals surface area contributed by atoms with Crippen LogP contribution in [0.5, 0.6) is 5.75 Å². The molecule has 0 unspecified atom stereocenters. The summed E-state index contributed by atoms with van der Waals surface area (Å²) < 4.78 is 11.1. The molecule has 3 aromatic rings. The predicted molar refractivity (Wildman–Crippen MR) is 101 cm³/mol. The molecule has 4 rings (SSSR count). The molecule has 130 valence electrons. The normalized spacial score (nSPS) is 12.5. The van der Waals surface area contributed by atoms with Crippen molar-refractivity contribution in [3.05, 3.63) is 75.9 Å². The van der Waals surface area contributed by atoms with E-state index in [0.717, 1.165) is 26.9 Å². The molecule has 0 atom stereocenters. The fourth-order valence-corrected chi connectivity index (χ4v) is 3.16. The maximum absolute atomic E-state index is 12.6. The van der Waals surface area contributed by atoms with Gasteiger partial charge in [-0.15, -0.1) is 0 Å². The molecule has 1 aliphatic heterocycles. The molecule has 1 N–H and O–H groups in total. The number of aromatic nitrogens is 1. The highest BCUT2D eigenvalue weighted by Gasteiger charge is 2.20. The molecule has 0 spiro atoms. The number of fused-ring (bicyclic) bond motifs is 1. The van der Waals surface area contributed by atoms with Crippen molar-refractivity contribution >= 4 is 33.2 Å². The Bertz CT molecular complexity index is 1010. The number of nitrogens with zero attached hydrogens (tertiary/aromatic N) is 2. The van der Waals surface area contributed by atoms with Crippen molar-refractivity contribution in [2.75, 3.05) is 12.4 Å². The molecule has 3 heterocycles. The number of anilines is 1. The zero-order valence-corrected chi connectivity index (χ0v) is 15.4. The summed E-state index contributed by atoms with van der Waals surface area (Å²) >= 11 is 3.32. The minimum atomic E-state index is -0.339. The van der Waals surface area contributed by atoms with Gasteiger partial charge in [-0.1, -0.05) is 6.07 Å². The van der Waals surface area contributed by atoms with Crippen LogP contribution in [-0.2, 0) is 6.54 Å². The molecule has 2 aromatic heterocycles. The van der Waals surface area contributed by atoms with E-state index in [1.54, 1.807) is 24.8 Å². The van der Waals surface area contributed by atoms with Gasteiger partial charge >= 0.3 is 0 Å². The number of pyridine rings is 1. The van der Waals surface area contributed by atoms with Gasteiger partial charge in [0.2, 0.25) is 0 Å². The van der Waals surface area contributed by atoms with Gasteiger partial charge in [0.25, 0.3) is 5.91 Å². The van der Waals surface area contributed by atoms with E-state index in [0.29, 0.717) is 18.0 Å². The summed E-state index contributed by atoms with van der Waals surface area (Å²) in [6.45, 7) is 0.617. The summed E-state index contributed by atoms with van der Waals surface area (Å²) in [5, 5.41) is 2.87. The number of methoxy groups -OCH3 is 1. The van der Waals surface area contributed by atoms with Crippen LogP contribution < -0.4 is 10.1 Å². The lowest BCUT2D eigenvalue weighted by atomic mass is 10.0. The van der Waals surface area contributed by atoms with E-state index >= 15 is 0 Å². The largest absolute Gasteiger partial charge is 0.494 e. The number of rotatable bonds is 4. The first-order valence-electron chi connectivity index (χ1n) is 7.87. The van der Waals surface area contributed by atoms with E-state index < -0.39 is 0 Å². The smallest absolute Gasteiger partial charge is 0.278 e. The van der Waals surface area contributed by atoms with Crippen LogP contribution in [0.15, 0.2) is 62.9 Å². The Hall–Kier alpha value is -2.93. The third-order valence-corrected chi connectivity index (χ3v) is 4.51. The number of benzene rings is 1. The zero-order chi connectivity index (χ0) is 18.1. The summed E-state index contributed by atoms with van der Waals surface area (Å²) in [4.78, 5) is 21.3. The molecule has 0 fully saturated rings. The quantitative estimate of drug-likeness (QED) is 0.702. The third-order valence-electron chi connectivity index (χ3n) is 4.08. The van der Waals surface area contributed by atoms with Crippen molar-refractivity contribution in [1.29, 1.82) is 0 Å². The summed E-state index contributed by atoms with van der Waals surface area (Å²) in [6.07, 6.45) is 4.84. The van der Waals surface area contributed by atoms with Gasteiger partial charge in [0.05, 0.1) is 31.9 Å². The number of aliphatic imine (C=N–C) groups is 1. The van der Waals surface area contributed by atoms with Crippen molar-refractivity contribution in [1.82, 2.24) is 4.98 Å². The molecule has 26 heavy (non-hydrogen) atoms. The number of ether oxygens (including phenoxy) is 1. The summed E-state index contributed by atoms with van der Waals surface area (Å²) in [6, 6.07) is 9.31. The average Bonchev–Trinajstić information content (AvgIpc) is 3.30. The molecule has 7 heteroatoms. The highest BCUT2D eigenvalue weighted by Crippen LogP contribution is 2.27. The molecule has 0 aliphatic carbocycles. The number of nitrogens with one attached hydrogen (secondary N) is 1. The first-order valence-corrected chi connectivity index (χ1v) is 8.66. The lowest BCUT2D eigenvalue weighted by molar-refractivity contribution is 0.101. The molecular weight excluding hydrogens is 398 g/mol. The van der Waals surface area contributed by atoms with Crippen LogP contribution in [0.25, 0.3) is 0 Å². The highest BCUT2D eigenvalue weighted by molar-refractivity contribution is 9.10. The van der Waals surface area contributed by atoms with Gasteiger partial charge in [0.15, 0.2) is 11.4 Å². The second-order valence-corrected chi connectivity index (χ2v) is 6.62. The molecule has 0 saturated carbocycles. The number of hydrogen-bond acceptors (Lipinski definition) is 5. The molecule has 0 radical (unpaired) electrons. The van der Waals surface area contributed by atoms with Crippen molar-refractivity contribution in [3.63, 3.8) is 0 Å². The number of amides is 1. The monoisotopic (exact) mass is 411 g/mol. The van der Waals surface area contributed by atoms with Gasteiger partial charge in [-0.05, 0) is 45.8 Å². The molecule has 1 amide bonds. The molecule has 0 bridgehead atoms. The maximum atomic E-state index is 12.6. The van der Waals surface area contributed by atoms with Crippen molar-refractivity contribution < 1.29 is 13.9 Å². The number of furan rings is 1. The van der Waals surface area contributed by atoms with E-state index in [1.807, 2.05) is 24.3 Å². The van der Waals surface area contributed by atoms with E-state index in [9.17, 15) is 4.79 Å². The lowest BCUT2D eigenvalue weighted by Gasteiger charge is -2.10. The van der Waals surface area contributed by atoms with Crippen LogP contribution in [0.4, 0.5) is 5.69 Å². The van der Waals surface area contributed by atoms with Crippen LogP contribution in [0.2, 0.25) is 0 Å². The fourth-order valence-electron chi connectivity index (χ4n) is 2.85. The van der Waals surface area contributed by atoms with Gasteiger partial charge in [-0.2, -0.15) is 0 Å². The molecule has 0 saturated heterocycles. The Kier molecular flexibility index (Phi) is 4.30. The van der Waals surface area contributed by atoms with Gasteiger partial charge in [0, 0.05) is 27.5 Å². The lowest BCUT2D eigenvalue weighted by Crippen LogP contribution is -2.15. The standard InChI is InChI=1S/C19H14BrN3O3/c1-25-16-6-13(20)9-22-18(16)19(24)23-14-3-2-11-8-21-17(15(11)7-14)12-4-5-26-10-12/h2-7,9-10H,8H2,1H3,(H,23,24). The Morgan fingerprint density at radius 3 is 2.96 bits per heavy atom. The maximum Gasteiger partial charge on any atom is 0.278 e. The number of carbonyl (C=O) groups is 1. The van der Waals surface area contributed by atoms with Crippen LogP contribution in [0.3, 0.4) is 0 Å². The number of carbonyl (C=O) groups excluding carboxylic acids is 1. The van der Waals surface area contributed by atoms with Crippen molar-refractivity contribution in [3.8, 4) is 5.75 Å². The summed E-state index contributed by atoms with van der Waals surface area (Å²) in [7, 11) is 1.50. The van der Waals surface area contributed by atoms with Gasteiger partial charge in [-0.3, -0.25) is 9.79 Å². The second-order valence-electron chi connectivity index (χ2n) is 5.71. The predicted octanol–water partition coefficient (Wildman–Crippen LogP) is 4.05. The van der Waals surface area contributed by atoms with E-state index in [2.05, 4.69) is 31.2 Å². The minimum absolute atomic E-state index is 0.222. The van der Waals surface area contributed by atoms with Gasteiger partial charge in [0.1, 0.15) is 0 Å². The van der Waals surface area contributed by atoms with Crippen LogP contribution in [0, 0.1) is 0 Å². The highest BCUT2D eigenvalue weighted by atomic mass is 79.9. The average molecular weight is 412 g/mol. The molecule has 6 nitrogen and oxygen atoms in total. The van der Waals surface area contributed by atoms with Crippen molar-refractivity contribution in [2.24, 2.45) is 4.99 Å². The van der Waals surface area contributed by atoms with Crippen molar-refractivity contribution in [2.45, 2.75) is 6.54 Å². The first kappa shape index (κ1) is 16.5. The topological polar surface area (TPSA) is 76.7 Å². The Balaban J connectivity index is 1.62.